The van der Waals surface area contributed by atoms with Crippen molar-refractivity contribution in [3.63, 3.8) is 0 Å². The molecule has 1 saturated heterocycles. The average Bonchev–Trinajstić information content (AvgIpc) is 3.47. The van der Waals surface area contributed by atoms with Crippen LogP contribution < -0.4 is 10.6 Å². The highest BCUT2D eigenvalue weighted by atomic mass is 32.1. The molecule has 7 heteroatoms. The normalized spacial score (nSPS) is 16.8. The number of anilines is 1. The first-order valence-corrected chi connectivity index (χ1v) is 13.9. The van der Waals surface area contributed by atoms with Crippen LogP contribution in [0, 0.1) is 13.8 Å². The minimum atomic E-state index is -0.139. The third-order valence-corrected chi connectivity index (χ3v) is 8.00. The van der Waals surface area contributed by atoms with Crippen molar-refractivity contribution < 1.29 is 4.79 Å². The molecule has 0 radical (unpaired) electrons. The summed E-state index contributed by atoms with van der Waals surface area (Å²) in [6.45, 7) is 4.75. The van der Waals surface area contributed by atoms with Gasteiger partial charge in [-0.25, -0.2) is 0 Å². The number of carbonyl (C=O) groups excluding carboxylic acids is 1. The fraction of sp³-hybridized carbons (Fsp3) is 0.182. The summed E-state index contributed by atoms with van der Waals surface area (Å²) in [6, 6.07) is 32.3. The van der Waals surface area contributed by atoms with Crippen molar-refractivity contribution in [1.82, 2.24) is 19.8 Å². The molecule has 3 aromatic carbocycles. The molecule has 2 aromatic heterocycles. The number of fused-ring (bicyclic) bond motifs is 1. The first kappa shape index (κ1) is 25.8. The molecule has 0 bridgehead atoms. The van der Waals surface area contributed by atoms with Gasteiger partial charge in [0.1, 0.15) is 0 Å². The van der Waals surface area contributed by atoms with Gasteiger partial charge in [-0.15, -0.1) is 0 Å². The Morgan fingerprint density at radius 2 is 1.70 bits per heavy atom. The van der Waals surface area contributed by atoms with Crippen molar-refractivity contribution in [2.45, 2.75) is 32.4 Å². The Balaban J connectivity index is 1.30. The summed E-state index contributed by atoms with van der Waals surface area (Å²) in [5.41, 5.74) is 6.31. The molecule has 2 N–H and O–H groups in total. The van der Waals surface area contributed by atoms with E-state index in [1.807, 2.05) is 72.9 Å². The summed E-state index contributed by atoms with van der Waals surface area (Å²) in [5, 5.41) is 9.39. The highest BCUT2D eigenvalue weighted by Crippen LogP contribution is 2.41. The average molecular weight is 546 g/mol. The van der Waals surface area contributed by atoms with E-state index < -0.39 is 0 Å². The number of benzene rings is 3. The van der Waals surface area contributed by atoms with Gasteiger partial charge in [0.15, 0.2) is 5.11 Å². The van der Waals surface area contributed by atoms with Crippen molar-refractivity contribution in [2.24, 2.45) is 0 Å². The molecule has 3 heterocycles. The minimum Gasteiger partial charge on any atom is -0.352 e. The molecule has 0 unspecified atom stereocenters. The maximum Gasteiger partial charge on any atom is 0.226 e. The maximum absolute atomic E-state index is 13.2. The summed E-state index contributed by atoms with van der Waals surface area (Å²) in [7, 11) is 0. The molecule has 1 aliphatic heterocycles. The van der Waals surface area contributed by atoms with E-state index in [1.54, 1.807) is 0 Å². The fourth-order valence-electron chi connectivity index (χ4n) is 5.82. The second kappa shape index (κ2) is 10.9. The first-order chi connectivity index (χ1) is 19.5. The highest BCUT2D eigenvalue weighted by molar-refractivity contribution is 7.80. The van der Waals surface area contributed by atoms with Crippen LogP contribution in [0.5, 0.6) is 0 Å². The Kier molecular flexibility index (Phi) is 7.05. The number of pyridine rings is 1. The number of nitrogens with zero attached hydrogens (tertiary/aromatic N) is 3. The van der Waals surface area contributed by atoms with Gasteiger partial charge in [-0.1, -0.05) is 60.7 Å². The molecular weight excluding hydrogens is 514 g/mol. The van der Waals surface area contributed by atoms with Crippen LogP contribution in [0.2, 0.25) is 0 Å². The Bertz CT molecular complexity index is 1680. The number of carbonyl (C=O) groups is 1. The summed E-state index contributed by atoms with van der Waals surface area (Å²) >= 11 is 5.86. The van der Waals surface area contributed by atoms with Gasteiger partial charge in [-0.2, -0.15) is 0 Å². The number of rotatable bonds is 7. The van der Waals surface area contributed by atoms with E-state index in [0.29, 0.717) is 18.1 Å². The summed E-state index contributed by atoms with van der Waals surface area (Å²) in [5.74, 6) is -0.0473. The van der Waals surface area contributed by atoms with Crippen molar-refractivity contribution in [3.05, 3.63) is 126 Å². The molecule has 1 amide bonds. The van der Waals surface area contributed by atoms with Crippen LogP contribution in [0.3, 0.4) is 0 Å². The van der Waals surface area contributed by atoms with E-state index >= 15 is 0 Å². The monoisotopic (exact) mass is 545 g/mol. The van der Waals surface area contributed by atoms with Gasteiger partial charge >= 0.3 is 0 Å². The summed E-state index contributed by atoms with van der Waals surface area (Å²) in [6.07, 6.45) is 2.11. The molecule has 6 rings (SSSR count). The molecule has 2 atom stereocenters. The minimum absolute atomic E-state index is 0.0473. The van der Waals surface area contributed by atoms with Crippen molar-refractivity contribution in [2.75, 3.05) is 11.9 Å². The zero-order valence-corrected chi connectivity index (χ0v) is 23.4. The smallest absolute Gasteiger partial charge is 0.226 e. The molecule has 1 fully saturated rings. The van der Waals surface area contributed by atoms with E-state index in [2.05, 4.69) is 69.3 Å². The highest BCUT2D eigenvalue weighted by Gasteiger charge is 2.41. The summed E-state index contributed by atoms with van der Waals surface area (Å²) < 4.78 is 2.28. The predicted molar refractivity (Wildman–Crippen MR) is 165 cm³/mol. The van der Waals surface area contributed by atoms with Gasteiger partial charge in [0.25, 0.3) is 0 Å². The van der Waals surface area contributed by atoms with Crippen LogP contribution in [-0.2, 0) is 4.79 Å². The Morgan fingerprint density at radius 3 is 2.50 bits per heavy atom. The van der Waals surface area contributed by atoms with Gasteiger partial charge in [0, 0.05) is 47.3 Å². The number of thiocarbonyl (C=S) groups is 1. The fourth-order valence-corrected chi connectivity index (χ4v) is 6.15. The van der Waals surface area contributed by atoms with Gasteiger partial charge in [-0.05, 0) is 73.4 Å². The van der Waals surface area contributed by atoms with Crippen LogP contribution in [0.1, 0.15) is 41.1 Å². The number of aromatic nitrogens is 2. The number of hydrogen-bond acceptors (Lipinski definition) is 3. The molecule has 0 aliphatic carbocycles. The van der Waals surface area contributed by atoms with E-state index in [4.69, 9.17) is 12.2 Å². The van der Waals surface area contributed by atoms with Crippen LogP contribution in [0.25, 0.3) is 16.5 Å². The number of hydrogen-bond donors (Lipinski definition) is 2. The van der Waals surface area contributed by atoms with Crippen LogP contribution in [-0.4, -0.2) is 32.0 Å². The van der Waals surface area contributed by atoms with Gasteiger partial charge in [0.05, 0.1) is 17.8 Å². The molecule has 40 heavy (non-hydrogen) atoms. The lowest BCUT2D eigenvalue weighted by Gasteiger charge is -2.28. The predicted octanol–water partition coefficient (Wildman–Crippen LogP) is 6.64. The standard InChI is InChI=1S/C33H31N5OS/c1-22-21-27(23(2)38(22)25-13-4-3-5-14-25)32-31(29-16-8-9-19-34-29)36-33(40)37(32)20-18-30(39)35-28-17-10-12-24-11-6-7-15-26(24)28/h3-17,19,21,31-32H,18,20H2,1-2H3,(H,35,39)(H,36,40)/t31-,32+/m0/s1. The third-order valence-electron chi connectivity index (χ3n) is 7.64. The van der Waals surface area contributed by atoms with Crippen molar-refractivity contribution in [3.8, 4) is 5.69 Å². The molecule has 1 aliphatic rings. The van der Waals surface area contributed by atoms with E-state index in [1.165, 1.54) is 5.56 Å². The maximum atomic E-state index is 13.2. The Labute approximate surface area is 239 Å². The lowest BCUT2D eigenvalue weighted by molar-refractivity contribution is -0.116. The zero-order valence-electron chi connectivity index (χ0n) is 22.5. The second-order valence-electron chi connectivity index (χ2n) is 10.1. The zero-order chi connectivity index (χ0) is 27.6. The number of aryl methyl sites for hydroxylation is 1. The van der Waals surface area contributed by atoms with E-state index in [0.717, 1.165) is 39.2 Å². The largest absolute Gasteiger partial charge is 0.352 e. The lowest BCUT2D eigenvalue weighted by atomic mass is 9.96. The number of amides is 1. The number of nitrogens with one attached hydrogen (secondary N) is 2. The first-order valence-electron chi connectivity index (χ1n) is 13.5. The van der Waals surface area contributed by atoms with Gasteiger partial charge in [-0.3, -0.25) is 9.78 Å². The molecular formula is C33H31N5OS. The van der Waals surface area contributed by atoms with Crippen molar-refractivity contribution >= 4 is 39.7 Å². The van der Waals surface area contributed by atoms with E-state index in [9.17, 15) is 4.79 Å². The molecule has 0 saturated carbocycles. The number of para-hydroxylation sites is 1. The molecule has 5 aromatic rings. The second-order valence-corrected chi connectivity index (χ2v) is 10.5. The lowest BCUT2D eigenvalue weighted by Crippen LogP contribution is -2.33. The van der Waals surface area contributed by atoms with Crippen molar-refractivity contribution in [1.29, 1.82) is 0 Å². The molecule has 0 spiro atoms. The van der Waals surface area contributed by atoms with Crippen LogP contribution in [0.15, 0.2) is 103 Å². The Morgan fingerprint density at radius 1 is 0.950 bits per heavy atom. The molecule has 200 valence electrons. The Hall–Kier alpha value is -4.49. The molecule has 6 nitrogen and oxygen atoms in total. The quantitative estimate of drug-likeness (QED) is 0.225. The summed E-state index contributed by atoms with van der Waals surface area (Å²) in [4.78, 5) is 20.0. The third kappa shape index (κ3) is 4.84. The van der Waals surface area contributed by atoms with Crippen LogP contribution in [0.4, 0.5) is 5.69 Å². The van der Waals surface area contributed by atoms with Crippen LogP contribution >= 0.6 is 12.2 Å². The van der Waals surface area contributed by atoms with E-state index in [-0.39, 0.29) is 18.0 Å². The van der Waals surface area contributed by atoms with Gasteiger partial charge in [0.2, 0.25) is 5.91 Å². The SMILES string of the molecule is Cc1cc([C@@H]2[C@H](c3ccccn3)NC(=S)N2CCC(=O)Nc2cccc3ccccc23)c(C)n1-c1ccccc1. The van der Waals surface area contributed by atoms with Gasteiger partial charge < -0.3 is 20.1 Å². The topological polar surface area (TPSA) is 62.2 Å².